The number of amidine groups is 1. The molecule has 2 aromatic rings. The average molecular weight is 613 g/mol. The van der Waals surface area contributed by atoms with Gasteiger partial charge in [-0.1, -0.05) is 37.3 Å². The maximum atomic E-state index is 13.5. The molecule has 2 aromatic carbocycles. The summed E-state index contributed by atoms with van der Waals surface area (Å²) in [5.74, 6) is -4.84. The van der Waals surface area contributed by atoms with Gasteiger partial charge >= 0.3 is 23.9 Å². The Hall–Kier alpha value is -4.82. The zero-order chi connectivity index (χ0) is 32.3. The molecule has 0 bridgehead atoms. The van der Waals surface area contributed by atoms with E-state index < -0.39 is 53.0 Å². The Morgan fingerprint density at radius 2 is 1.68 bits per heavy atom. The molecular formula is C30H36N4O10. The van der Waals surface area contributed by atoms with Crippen LogP contribution in [0.3, 0.4) is 0 Å². The highest BCUT2D eigenvalue weighted by Crippen LogP contribution is 2.41. The van der Waals surface area contributed by atoms with Crippen molar-refractivity contribution in [1.82, 2.24) is 10.6 Å². The SMILES string of the molecule is CCOC(=O)N=C(N)C1(OC(NC(=O)c2ccccc2)(C(=O)O)C(=O)CC)CCNCC1c1ccc(OC(=O)OCC)cc1. The first-order valence-electron chi connectivity index (χ1n) is 14.0. The number of carboxylic acids is 1. The van der Waals surface area contributed by atoms with Crippen molar-refractivity contribution in [2.75, 3.05) is 26.3 Å². The lowest BCUT2D eigenvalue weighted by molar-refractivity contribution is -0.195. The van der Waals surface area contributed by atoms with Gasteiger partial charge in [0.1, 0.15) is 17.2 Å². The lowest BCUT2D eigenvalue weighted by Crippen LogP contribution is -2.70. The van der Waals surface area contributed by atoms with E-state index in [1.54, 1.807) is 44.2 Å². The number of ether oxygens (including phenoxy) is 4. The van der Waals surface area contributed by atoms with Crippen molar-refractivity contribution in [3.8, 4) is 5.75 Å². The van der Waals surface area contributed by atoms with Gasteiger partial charge in [-0.3, -0.25) is 9.59 Å². The van der Waals surface area contributed by atoms with Crippen LogP contribution in [-0.2, 0) is 23.8 Å². The van der Waals surface area contributed by atoms with Crippen LogP contribution in [0.4, 0.5) is 9.59 Å². The Bertz CT molecular complexity index is 1380. The van der Waals surface area contributed by atoms with Crippen LogP contribution >= 0.6 is 0 Å². The first-order chi connectivity index (χ1) is 21.0. The minimum Gasteiger partial charge on any atom is -0.477 e. The summed E-state index contributed by atoms with van der Waals surface area (Å²) in [5, 5.41) is 16.0. The number of carbonyl (C=O) groups excluding carboxylic acids is 4. The second kappa shape index (κ2) is 15.1. The third kappa shape index (κ3) is 7.57. The fourth-order valence-corrected chi connectivity index (χ4v) is 4.80. The fourth-order valence-electron chi connectivity index (χ4n) is 4.80. The number of hydrogen-bond acceptors (Lipinski definition) is 10. The van der Waals surface area contributed by atoms with E-state index in [4.69, 9.17) is 24.7 Å². The van der Waals surface area contributed by atoms with Gasteiger partial charge in [0.15, 0.2) is 5.78 Å². The smallest absolute Gasteiger partial charge is 0.477 e. The van der Waals surface area contributed by atoms with Crippen LogP contribution in [0, 0.1) is 0 Å². The Morgan fingerprint density at radius 3 is 2.27 bits per heavy atom. The number of piperidine rings is 1. The molecule has 1 saturated heterocycles. The summed E-state index contributed by atoms with van der Waals surface area (Å²) in [7, 11) is 0. The van der Waals surface area contributed by atoms with E-state index >= 15 is 0 Å². The lowest BCUT2D eigenvalue weighted by Gasteiger charge is -2.47. The van der Waals surface area contributed by atoms with E-state index in [9.17, 15) is 29.1 Å². The molecule has 3 atom stereocenters. The highest BCUT2D eigenvalue weighted by Gasteiger charge is 2.58. The maximum Gasteiger partial charge on any atom is 0.513 e. The van der Waals surface area contributed by atoms with Gasteiger partial charge in [-0.05, 0) is 56.6 Å². The molecule has 0 aromatic heterocycles. The summed E-state index contributed by atoms with van der Waals surface area (Å²) in [6.07, 6.45) is -2.36. The Balaban J connectivity index is 2.18. The largest absolute Gasteiger partial charge is 0.513 e. The second-order valence-corrected chi connectivity index (χ2v) is 9.63. The highest BCUT2D eigenvalue weighted by atomic mass is 16.7. The molecule has 1 aliphatic rings. The third-order valence-electron chi connectivity index (χ3n) is 6.92. The van der Waals surface area contributed by atoms with Crippen molar-refractivity contribution in [3.63, 3.8) is 0 Å². The van der Waals surface area contributed by atoms with Crippen LogP contribution in [0.1, 0.15) is 55.5 Å². The predicted octanol–water partition coefficient (Wildman–Crippen LogP) is 2.76. The summed E-state index contributed by atoms with van der Waals surface area (Å²) in [4.78, 5) is 67.8. The molecule has 5 N–H and O–H groups in total. The molecule has 1 fully saturated rings. The number of ketones is 1. The van der Waals surface area contributed by atoms with Crippen molar-refractivity contribution in [2.45, 2.75) is 50.9 Å². The number of rotatable bonds is 12. The number of amides is 2. The van der Waals surface area contributed by atoms with Crippen LogP contribution in [0.5, 0.6) is 5.75 Å². The van der Waals surface area contributed by atoms with Gasteiger partial charge < -0.3 is 40.4 Å². The van der Waals surface area contributed by atoms with Crippen LogP contribution in [0.25, 0.3) is 0 Å². The number of carboxylic acid groups (broad SMARTS) is 1. The Morgan fingerprint density at radius 1 is 1.02 bits per heavy atom. The number of nitrogens with two attached hydrogens (primary N) is 1. The zero-order valence-corrected chi connectivity index (χ0v) is 24.7. The molecule has 3 rings (SSSR count). The standard InChI is InChI=1S/C30H36N4O10/c1-4-23(35)30(26(37)38,34-24(36)20-10-8-7-9-11-20)44-29(25(31)33-27(39)41-5-2)16-17-32-18-22(29)19-12-14-21(15-13-19)43-28(40)42-6-3/h7-15,22,32H,4-6,16-18H2,1-3H3,(H,34,36)(H,37,38)(H2,31,33,39). The van der Waals surface area contributed by atoms with Crippen molar-refractivity contribution in [2.24, 2.45) is 10.7 Å². The number of aliphatic carboxylic acids is 1. The molecule has 0 saturated carbocycles. The van der Waals surface area contributed by atoms with Crippen LogP contribution in [-0.4, -0.2) is 78.5 Å². The molecular weight excluding hydrogens is 576 g/mol. The molecule has 3 unspecified atom stereocenters. The summed E-state index contributed by atoms with van der Waals surface area (Å²) in [5.41, 5.74) is 2.16. The van der Waals surface area contributed by atoms with Gasteiger partial charge in [0, 0.05) is 24.4 Å². The number of aliphatic imine (C=N–C) groups is 1. The van der Waals surface area contributed by atoms with Gasteiger partial charge in [0.05, 0.1) is 13.2 Å². The molecule has 2 amide bonds. The van der Waals surface area contributed by atoms with Crippen LogP contribution in [0.2, 0.25) is 0 Å². The molecule has 0 spiro atoms. The summed E-state index contributed by atoms with van der Waals surface area (Å²) in [6.45, 7) is 5.05. The zero-order valence-electron chi connectivity index (χ0n) is 24.7. The molecule has 14 nitrogen and oxygen atoms in total. The normalized spacial score (nSPS) is 19.6. The monoisotopic (exact) mass is 612 g/mol. The van der Waals surface area contributed by atoms with E-state index in [0.717, 1.165) is 0 Å². The second-order valence-electron chi connectivity index (χ2n) is 9.63. The molecule has 14 heteroatoms. The minimum absolute atomic E-state index is 0.0170. The van der Waals surface area contributed by atoms with E-state index in [1.807, 2.05) is 0 Å². The van der Waals surface area contributed by atoms with Crippen LogP contribution in [0.15, 0.2) is 59.6 Å². The van der Waals surface area contributed by atoms with Crippen molar-refractivity contribution >= 4 is 35.7 Å². The molecule has 0 aliphatic carbocycles. The van der Waals surface area contributed by atoms with Gasteiger partial charge in [0.25, 0.3) is 5.91 Å². The van der Waals surface area contributed by atoms with Crippen molar-refractivity contribution in [3.05, 3.63) is 65.7 Å². The average Bonchev–Trinajstić information content (AvgIpc) is 3.01. The van der Waals surface area contributed by atoms with E-state index in [-0.39, 0.29) is 50.5 Å². The topological polar surface area (TPSA) is 205 Å². The molecule has 236 valence electrons. The summed E-state index contributed by atoms with van der Waals surface area (Å²) < 4.78 is 21.2. The summed E-state index contributed by atoms with van der Waals surface area (Å²) in [6, 6.07) is 13.8. The van der Waals surface area contributed by atoms with Gasteiger partial charge in [-0.25, -0.2) is 14.4 Å². The van der Waals surface area contributed by atoms with Crippen LogP contribution < -0.4 is 21.1 Å². The van der Waals surface area contributed by atoms with Gasteiger partial charge in [-0.2, -0.15) is 4.99 Å². The van der Waals surface area contributed by atoms with E-state index in [1.165, 1.54) is 31.2 Å². The number of hydrogen-bond donors (Lipinski definition) is 4. The van der Waals surface area contributed by atoms with E-state index in [2.05, 4.69) is 15.6 Å². The first-order valence-corrected chi connectivity index (χ1v) is 14.0. The molecule has 0 radical (unpaired) electrons. The lowest BCUT2D eigenvalue weighted by atomic mass is 9.75. The quantitative estimate of drug-likeness (QED) is 0.0682. The van der Waals surface area contributed by atoms with Crippen molar-refractivity contribution < 1.29 is 48.0 Å². The molecule has 1 aliphatic heterocycles. The Labute approximate surface area is 253 Å². The molecule has 1 heterocycles. The fraction of sp³-hybridized carbons (Fsp3) is 0.400. The Kier molecular flexibility index (Phi) is 11.5. The van der Waals surface area contributed by atoms with Gasteiger partial charge in [-0.15, -0.1) is 0 Å². The number of carbonyl (C=O) groups is 5. The minimum atomic E-state index is -2.93. The van der Waals surface area contributed by atoms with Gasteiger partial charge in [0.2, 0.25) is 0 Å². The number of Topliss-reactive ketones (excluding diaryl/α,β-unsaturated/α-hetero) is 1. The molecule has 44 heavy (non-hydrogen) atoms. The maximum absolute atomic E-state index is 13.5. The number of nitrogens with zero attached hydrogens (tertiary/aromatic N) is 1. The highest BCUT2D eigenvalue weighted by molar-refractivity contribution is 6.11. The summed E-state index contributed by atoms with van der Waals surface area (Å²) >= 11 is 0. The van der Waals surface area contributed by atoms with E-state index in [0.29, 0.717) is 5.56 Å². The first kappa shape index (κ1) is 33.7. The predicted molar refractivity (Wildman–Crippen MR) is 156 cm³/mol. The van der Waals surface area contributed by atoms with Crippen molar-refractivity contribution in [1.29, 1.82) is 0 Å². The third-order valence-corrected chi connectivity index (χ3v) is 6.92. The number of nitrogens with one attached hydrogen (secondary N) is 2. The number of benzene rings is 2.